The van der Waals surface area contributed by atoms with Crippen LogP contribution >= 0.6 is 11.9 Å². The molecular formula is C24H33N5O4S. The number of hydrogen-bond acceptors (Lipinski definition) is 9. The van der Waals surface area contributed by atoms with E-state index >= 15 is 0 Å². The highest BCUT2D eigenvalue weighted by atomic mass is 32.2. The average molecular weight is 488 g/mol. The zero-order valence-corrected chi connectivity index (χ0v) is 21.1. The normalized spacial score (nSPS) is 13.8. The Bertz CT molecular complexity index is 1040. The van der Waals surface area contributed by atoms with Crippen molar-refractivity contribution in [2.45, 2.75) is 37.9 Å². The third-order valence-corrected chi connectivity index (χ3v) is 6.59. The van der Waals surface area contributed by atoms with E-state index in [9.17, 15) is 0 Å². The van der Waals surface area contributed by atoms with Crippen LogP contribution in [0.1, 0.15) is 32.6 Å². The van der Waals surface area contributed by atoms with Gasteiger partial charge in [0.1, 0.15) is 22.9 Å². The van der Waals surface area contributed by atoms with Crippen molar-refractivity contribution in [2.24, 2.45) is 5.92 Å². The molecule has 9 nitrogen and oxygen atoms in total. The second-order valence-electron chi connectivity index (χ2n) is 7.82. The van der Waals surface area contributed by atoms with Crippen LogP contribution in [0, 0.1) is 5.92 Å². The lowest BCUT2D eigenvalue weighted by Crippen LogP contribution is -2.17. The lowest BCUT2D eigenvalue weighted by atomic mass is 9.82. The molecule has 0 amide bonds. The molecule has 2 aromatic heterocycles. The number of pyridine rings is 1. The third kappa shape index (κ3) is 5.74. The maximum Gasteiger partial charge on any atom is 0.239 e. The van der Waals surface area contributed by atoms with Crippen molar-refractivity contribution in [3.05, 3.63) is 36.4 Å². The van der Waals surface area contributed by atoms with Gasteiger partial charge in [0.25, 0.3) is 0 Å². The van der Waals surface area contributed by atoms with E-state index in [1.807, 2.05) is 34.9 Å². The smallest absolute Gasteiger partial charge is 0.239 e. The first-order chi connectivity index (χ1) is 16.6. The Labute approximate surface area is 205 Å². The van der Waals surface area contributed by atoms with Gasteiger partial charge in [-0.2, -0.15) is 0 Å². The molecule has 0 aliphatic heterocycles. The lowest BCUT2D eigenvalue weighted by Gasteiger charge is -2.27. The quantitative estimate of drug-likeness (QED) is 0.397. The van der Waals surface area contributed by atoms with E-state index in [-0.39, 0.29) is 0 Å². The summed E-state index contributed by atoms with van der Waals surface area (Å²) in [7, 11) is 5.86. The van der Waals surface area contributed by atoms with Crippen molar-refractivity contribution < 1.29 is 19.3 Å². The average Bonchev–Trinajstić information content (AvgIpc) is 3.29. The number of benzene rings is 1. The molecule has 0 radical (unpaired) electrons. The van der Waals surface area contributed by atoms with Crippen LogP contribution in [0.4, 0.5) is 5.95 Å². The Kier molecular flexibility index (Phi) is 9.41. The molecule has 2 N–H and O–H groups in total. The van der Waals surface area contributed by atoms with E-state index in [1.54, 1.807) is 39.3 Å². The first-order valence-corrected chi connectivity index (χ1v) is 12.1. The molecule has 10 heteroatoms. The van der Waals surface area contributed by atoms with Crippen LogP contribution in [-0.4, -0.2) is 58.5 Å². The summed E-state index contributed by atoms with van der Waals surface area (Å²) >= 11 is 1.66. The standard InChI is InChI=1S/C23H29N5O3S.CH4O/c1-15(14-16-8-5-9-16)32-27-23-26-25-22(17-10-6-13-20(24-17)31-4)28(23)21-18(29-2)11-7-12-19(21)30-3;1-2/h6-7,10-13,15-16H,5,8-9,14H2,1-4H3,(H,26,27);2H,1H3. The molecule has 4 rings (SSSR count). The monoisotopic (exact) mass is 487 g/mol. The van der Waals surface area contributed by atoms with E-state index < -0.39 is 0 Å². The molecule has 184 valence electrons. The molecule has 1 saturated carbocycles. The fraction of sp³-hybridized carbons (Fsp3) is 0.458. The Morgan fingerprint density at radius 3 is 2.29 bits per heavy atom. The Hall–Kier alpha value is -2.98. The van der Waals surface area contributed by atoms with Crippen LogP contribution < -0.4 is 18.9 Å². The molecule has 1 unspecified atom stereocenters. The summed E-state index contributed by atoms with van der Waals surface area (Å²) in [5.41, 5.74) is 1.34. The predicted octanol–water partition coefficient (Wildman–Crippen LogP) is 4.60. The molecular weight excluding hydrogens is 454 g/mol. The Balaban J connectivity index is 0.00000158. The summed E-state index contributed by atoms with van der Waals surface area (Å²) in [6.07, 6.45) is 5.22. The van der Waals surface area contributed by atoms with Gasteiger partial charge < -0.3 is 19.3 Å². The number of hydrogen-bond donors (Lipinski definition) is 2. The topological polar surface area (TPSA) is 104 Å². The van der Waals surface area contributed by atoms with E-state index in [0.29, 0.717) is 45.8 Å². The number of nitrogens with one attached hydrogen (secondary N) is 1. The number of methoxy groups -OCH3 is 3. The number of anilines is 1. The number of rotatable bonds is 10. The van der Waals surface area contributed by atoms with Gasteiger partial charge in [-0.3, -0.25) is 9.29 Å². The molecule has 0 spiro atoms. The van der Waals surface area contributed by atoms with Crippen molar-refractivity contribution >= 4 is 17.9 Å². The molecule has 1 aliphatic rings. The van der Waals surface area contributed by atoms with E-state index in [4.69, 9.17) is 19.3 Å². The minimum absolute atomic E-state index is 0.448. The zero-order chi connectivity index (χ0) is 24.5. The highest BCUT2D eigenvalue weighted by Gasteiger charge is 2.25. The first kappa shape index (κ1) is 25.6. The van der Waals surface area contributed by atoms with Gasteiger partial charge in [0, 0.05) is 18.4 Å². The number of ether oxygens (including phenoxy) is 3. The largest absolute Gasteiger partial charge is 0.494 e. The van der Waals surface area contributed by atoms with Gasteiger partial charge in [0.15, 0.2) is 5.82 Å². The van der Waals surface area contributed by atoms with Crippen molar-refractivity contribution in [2.75, 3.05) is 33.2 Å². The van der Waals surface area contributed by atoms with Gasteiger partial charge in [-0.25, -0.2) is 4.98 Å². The van der Waals surface area contributed by atoms with Gasteiger partial charge in [0.05, 0.1) is 21.3 Å². The van der Waals surface area contributed by atoms with Crippen LogP contribution in [0.15, 0.2) is 36.4 Å². The number of nitrogens with zero attached hydrogens (tertiary/aromatic N) is 4. The van der Waals surface area contributed by atoms with Crippen molar-refractivity contribution in [3.8, 4) is 34.6 Å². The number of aliphatic hydroxyl groups excluding tert-OH is 1. The third-order valence-electron chi connectivity index (χ3n) is 5.69. The van der Waals surface area contributed by atoms with Crippen LogP contribution in [0.25, 0.3) is 17.2 Å². The Morgan fingerprint density at radius 2 is 1.71 bits per heavy atom. The summed E-state index contributed by atoms with van der Waals surface area (Å²) in [6, 6.07) is 11.2. The Morgan fingerprint density at radius 1 is 1.03 bits per heavy atom. The fourth-order valence-electron chi connectivity index (χ4n) is 3.83. The minimum Gasteiger partial charge on any atom is -0.494 e. The second-order valence-corrected chi connectivity index (χ2v) is 9.07. The summed E-state index contributed by atoms with van der Waals surface area (Å²) < 4.78 is 22.0. The van der Waals surface area contributed by atoms with Gasteiger partial charge in [-0.15, -0.1) is 10.2 Å². The summed E-state index contributed by atoms with van der Waals surface area (Å²) in [5.74, 6) is 3.76. The molecule has 0 saturated heterocycles. The fourth-order valence-corrected chi connectivity index (χ4v) is 4.64. The van der Waals surface area contributed by atoms with Crippen LogP contribution in [0.3, 0.4) is 0 Å². The summed E-state index contributed by atoms with van der Waals surface area (Å²) in [5, 5.41) is 16.4. The van der Waals surface area contributed by atoms with Gasteiger partial charge in [0.2, 0.25) is 11.8 Å². The summed E-state index contributed by atoms with van der Waals surface area (Å²) in [6.45, 7) is 2.24. The van der Waals surface area contributed by atoms with E-state index in [0.717, 1.165) is 13.0 Å². The highest BCUT2D eigenvalue weighted by molar-refractivity contribution is 8.01. The second kappa shape index (κ2) is 12.5. The molecule has 1 aromatic carbocycles. The molecule has 2 heterocycles. The maximum absolute atomic E-state index is 7.00. The van der Waals surface area contributed by atoms with Crippen molar-refractivity contribution in [1.82, 2.24) is 19.7 Å². The predicted molar refractivity (Wildman–Crippen MR) is 135 cm³/mol. The highest BCUT2D eigenvalue weighted by Crippen LogP contribution is 2.39. The van der Waals surface area contributed by atoms with E-state index in [2.05, 4.69) is 26.8 Å². The van der Waals surface area contributed by atoms with Gasteiger partial charge in [-0.05, 0) is 42.5 Å². The van der Waals surface area contributed by atoms with E-state index in [1.165, 1.54) is 25.7 Å². The number of aliphatic hydroxyl groups is 1. The number of aromatic nitrogens is 4. The van der Waals surface area contributed by atoms with Gasteiger partial charge >= 0.3 is 0 Å². The first-order valence-electron chi connectivity index (χ1n) is 11.2. The molecule has 3 aromatic rings. The molecule has 1 atom stereocenters. The minimum atomic E-state index is 0.448. The SMILES string of the molecule is CO.COc1cccc(-c2nnc(NSC(C)CC3CCC3)n2-c2c(OC)cccc2OC)n1. The van der Waals surface area contributed by atoms with Crippen molar-refractivity contribution in [1.29, 1.82) is 0 Å². The summed E-state index contributed by atoms with van der Waals surface area (Å²) in [4.78, 5) is 4.56. The van der Waals surface area contributed by atoms with Crippen LogP contribution in [0.5, 0.6) is 17.4 Å². The van der Waals surface area contributed by atoms with Crippen LogP contribution in [0.2, 0.25) is 0 Å². The zero-order valence-electron chi connectivity index (χ0n) is 20.3. The molecule has 34 heavy (non-hydrogen) atoms. The molecule has 1 fully saturated rings. The lowest BCUT2D eigenvalue weighted by molar-refractivity contribution is 0.297. The van der Waals surface area contributed by atoms with Crippen LogP contribution in [-0.2, 0) is 0 Å². The molecule has 1 aliphatic carbocycles. The maximum atomic E-state index is 7.00. The van der Waals surface area contributed by atoms with Gasteiger partial charge in [-0.1, -0.05) is 38.3 Å². The van der Waals surface area contributed by atoms with Crippen molar-refractivity contribution in [3.63, 3.8) is 0 Å². The number of para-hydroxylation sites is 1. The molecule has 0 bridgehead atoms.